The molecule has 0 spiro atoms. The predicted octanol–water partition coefficient (Wildman–Crippen LogP) is 1.00. The summed E-state index contributed by atoms with van der Waals surface area (Å²) in [5, 5.41) is 0. The zero-order chi connectivity index (χ0) is 10.6. The summed E-state index contributed by atoms with van der Waals surface area (Å²) in [7, 11) is 0. The van der Waals surface area contributed by atoms with E-state index in [0.717, 1.165) is 0 Å². The van der Waals surface area contributed by atoms with E-state index in [-0.39, 0.29) is 6.42 Å². The first-order chi connectivity index (χ1) is 6.69. The van der Waals surface area contributed by atoms with E-state index in [4.69, 9.17) is 5.84 Å². The van der Waals surface area contributed by atoms with Crippen molar-refractivity contribution in [3.05, 3.63) is 41.7 Å². The normalized spacial score (nSPS) is 9.57. The highest BCUT2D eigenvalue weighted by atomic mass is 19.1. The Morgan fingerprint density at radius 1 is 1.64 bits per heavy atom. The summed E-state index contributed by atoms with van der Waals surface area (Å²) < 4.78 is 13.3. The molecule has 74 valence electrons. The molecule has 0 saturated carbocycles. The van der Waals surface area contributed by atoms with Gasteiger partial charge in [-0.1, -0.05) is 24.8 Å². The Balaban J connectivity index is 3.04. The average molecular weight is 194 g/mol. The second-order valence-corrected chi connectivity index (χ2v) is 2.76. The van der Waals surface area contributed by atoms with Crippen LogP contribution in [0, 0.1) is 5.82 Å². The molecule has 0 atom stereocenters. The van der Waals surface area contributed by atoms with Gasteiger partial charge in [-0.3, -0.25) is 10.2 Å². The first kappa shape index (κ1) is 10.4. The van der Waals surface area contributed by atoms with Gasteiger partial charge in [0.1, 0.15) is 5.82 Å². The topological polar surface area (TPSA) is 55.1 Å². The van der Waals surface area contributed by atoms with Gasteiger partial charge in [-0.2, -0.15) is 0 Å². The molecule has 0 aliphatic carbocycles. The van der Waals surface area contributed by atoms with Gasteiger partial charge in [0.25, 0.3) is 0 Å². The van der Waals surface area contributed by atoms with Gasteiger partial charge in [-0.05, 0) is 11.6 Å². The number of halogens is 1. The molecular formula is C10H11FN2O. The molecule has 4 heteroatoms. The summed E-state index contributed by atoms with van der Waals surface area (Å²) in [4.78, 5) is 11.0. The number of rotatable bonds is 3. The van der Waals surface area contributed by atoms with E-state index in [0.29, 0.717) is 11.1 Å². The van der Waals surface area contributed by atoms with Gasteiger partial charge in [-0.25, -0.2) is 10.2 Å². The Bertz CT molecular complexity index is 363. The van der Waals surface area contributed by atoms with Crippen molar-refractivity contribution in [3.63, 3.8) is 0 Å². The number of carbonyl (C=O) groups excluding carboxylic acids is 1. The maximum atomic E-state index is 13.3. The molecule has 0 saturated heterocycles. The number of nitrogens with two attached hydrogens (primary N) is 1. The van der Waals surface area contributed by atoms with Crippen molar-refractivity contribution in [2.24, 2.45) is 5.84 Å². The number of nitrogens with one attached hydrogen (secondary N) is 1. The molecule has 3 nitrogen and oxygen atoms in total. The van der Waals surface area contributed by atoms with Crippen molar-refractivity contribution in [3.8, 4) is 0 Å². The van der Waals surface area contributed by atoms with Gasteiger partial charge >= 0.3 is 0 Å². The molecule has 0 heterocycles. The van der Waals surface area contributed by atoms with Crippen LogP contribution in [0.1, 0.15) is 11.1 Å². The lowest BCUT2D eigenvalue weighted by molar-refractivity contribution is -0.120. The van der Waals surface area contributed by atoms with E-state index in [1.807, 2.05) is 5.43 Å². The standard InChI is InChI=1S/C10H11FN2O/c1-2-7-4-3-5-9(11)8(7)6-10(14)13-12/h2-5H,1,6,12H2,(H,13,14). The van der Waals surface area contributed by atoms with Crippen LogP contribution in [-0.2, 0) is 11.2 Å². The number of benzene rings is 1. The fourth-order valence-electron chi connectivity index (χ4n) is 1.16. The lowest BCUT2D eigenvalue weighted by Gasteiger charge is -2.05. The van der Waals surface area contributed by atoms with Crippen LogP contribution in [0.4, 0.5) is 4.39 Å². The largest absolute Gasteiger partial charge is 0.294 e. The average Bonchev–Trinajstić information content (AvgIpc) is 2.20. The third kappa shape index (κ3) is 2.17. The maximum absolute atomic E-state index is 13.3. The van der Waals surface area contributed by atoms with Crippen molar-refractivity contribution in [2.75, 3.05) is 0 Å². The molecule has 0 aliphatic rings. The fourth-order valence-corrected chi connectivity index (χ4v) is 1.16. The number of amides is 1. The van der Waals surface area contributed by atoms with Crippen LogP contribution < -0.4 is 11.3 Å². The molecule has 1 aromatic carbocycles. The zero-order valence-electron chi connectivity index (χ0n) is 7.59. The van der Waals surface area contributed by atoms with Gasteiger partial charge in [-0.15, -0.1) is 0 Å². The Morgan fingerprint density at radius 3 is 2.93 bits per heavy atom. The van der Waals surface area contributed by atoms with Crippen LogP contribution in [0.25, 0.3) is 6.08 Å². The third-order valence-corrected chi connectivity index (χ3v) is 1.87. The van der Waals surface area contributed by atoms with Crippen molar-refractivity contribution >= 4 is 12.0 Å². The Labute approximate surface area is 81.4 Å². The molecule has 0 fully saturated rings. The highest BCUT2D eigenvalue weighted by molar-refractivity contribution is 5.79. The van der Waals surface area contributed by atoms with Crippen LogP contribution in [0.3, 0.4) is 0 Å². The molecule has 0 aromatic heterocycles. The molecule has 3 N–H and O–H groups in total. The van der Waals surface area contributed by atoms with Gasteiger partial charge in [0.05, 0.1) is 6.42 Å². The van der Waals surface area contributed by atoms with Crippen molar-refractivity contribution in [1.29, 1.82) is 0 Å². The van der Waals surface area contributed by atoms with Gasteiger partial charge in [0, 0.05) is 5.56 Å². The highest BCUT2D eigenvalue weighted by Gasteiger charge is 2.09. The minimum absolute atomic E-state index is 0.0788. The summed E-state index contributed by atoms with van der Waals surface area (Å²) in [5.41, 5.74) is 2.87. The fraction of sp³-hybridized carbons (Fsp3) is 0.100. The zero-order valence-corrected chi connectivity index (χ0v) is 7.59. The van der Waals surface area contributed by atoms with Crippen molar-refractivity contribution < 1.29 is 9.18 Å². The third-order valence-electron chi connectivity index (χ3n) is 1.87. The summed E-state index contributed by atoms with van der Waals surface area (Å²) in [6.07, 6.45) is 1.42. The van der Waals surface area contributed by atoms with Gasteiger partial charge in [0.15, 0.2) is 0 Å². The molecule has 14 heavy (non-hydrogen) atoms. The molecule has 1 aromatic rings. The van der Waals surface area contributed by atoms with Crippen LogP contribution in [0.5, 0.6) is 0 Å². The van der Waals surface area contributed by atoms with Gasteiger partial charge < -0.3 is 0 Å². The first-order valence-corrected chi connectivity index (χ1v) is 4.08. The van der Waals surface area contributed by atoms with Gasteiger partial charge in [0.2, 0.25) is 5.91 Å². The van der Waals surface area contributed by atoms with Crippen LogP contribution in [0.2, 0.25) is 0 Å². The summed E-state index contributed by atoms with van der Waals surface area (Å²) >= 11 is 0. The summed E-state index contributed by atoms with van der Waals surface area (Å²) in [6.45, 7) is 3.54. The molecule has 0 radical (unpaired) electrons. The molecule has 0 unspecified atom stereocenters. The van der Waals surface area contributed by atoms with Crippen LogP contribution in [-0.4, -0.2) is 5.91 Å². The molecular weight excluding hydrogens is 183 g/mol. The monoisotopic (exact) mass is 194 g/mol. The second kappa shape index (κ2) is 4.53. The smallest absolute Gasteiger partial charge is 0.238 e. The van der Waals surface area contributed by atoms with Crippen LogP contribution >= 0.6 is 0 Å². The first-order valence-electron chi connectivity index (χ1n) is 4.08. The molecule has 0 aliphatic heterocycles. The summed E-state index contributed by atoms with van der Waals surface area (Å²) in [5.74, 6) is 4.06. The lowest BCUT2D eigenvalue weighted by atomic mass is 10.0. The van der Waals surface area contributed by atoms with Crippen molar-refractivity contribution in [1.82, 2.24) is 5.43 Å². The number of hydrazine groups is 1. The van der Waals surface area contributed by atoms with E-state index in [1.165, 1.54) is 12.1 Å². The lowest BCUT2D eigenvalue weighted by Crippen LogP contribution is -2.31. The van der Waals surface area contributed by atoms with E-state index in [2.05, 4.69) is 6.58 Å². The molecule has 1 amide bonds. The van der Waals surface area contributed by atoms with E-state index >= 15 is 0 Å². The number of hydrogen-bond donors (Lipinski definition) is 2. The van der Waals surface area contributed by atoms with E-state index in [1.54, 1.807) is 12.1 Å². The second-order valence-electron chi connectivity index (χ2n) is 2.76. The Morgan fingerprint density at radius 2 is 2.36 bits per heavy atom. The highest BCUT2D eigenvalue weighted by Crippen LogP contribution is 2.15. The Hall–Kier alpha value is -1.68. The molecule has 0 bridgehead atoms. The minimum Gasteiger partial charge on any atom is -0.294 e. The predicted molar refractivity (Wildman–Crippen MR) is 52.5 cm³/mol. The Kier molecular flexibility index (Phi) is 3.36. The molecule has 1 rings (SSSR count). The summed E-state index contributed by atoms with van der Waals surface area (Å²) in [6, 6.07) is 4.55. The SMILES string of the molecule is C=Cc1cccc(F)c1CC(=O)NN. The van der Waals surface area contributed by atoms with Crippen molar-refractivity contribution in [2.45, 2.75) is 6.42 Å². The minimum atomic E-state index is -0.432. The number of carbonyl (C=O) groups is 1. The number of hydrogen-bond acceptors (Lipinski definition) is 2. The van der Waals surface area contributed by atoms with E-state index < -0.39 is 11.7 Å². The quantitative estimate of drug-likeness (QED) is 0.428. The van der Waals surface area contributed by atoms with E-state index in [9.17, 15) is 9.18 Å². The maximum Gasteiger partial charge on any atom is 0.238 e. The van der Waals surface area contributed by atoms with Crippen LogP contribution in [0.15, 0.2) is 24.8 Å².